The maximum absolute atomic E-state index is 11.2. The van der Waals surface area contributed by atoms with Crippen molar-refractivity contribution in [1.29, 1.82) is 0 Å². The van der Waals surface area contributed by atoms with Crippen LogP contribution in [0, 0.1) is 0 Å². The number of unbranched alkanes of at least 4 members (excludes halogenated alkanes) is 1. The zero-order chi connectivity index (χ0) is 22.4. The van der Waals surface area contributed by atoms with Crippen molar-refractivity contribution in [1.82, 2.24) is 14.7 Å². The lowest BCUT2D eigenvalue weighted by molar-refractivity contribution is -0.143. The second kappa shape index (κ2) is 14.7. The molecule has 0 aliphatic heterocycles. The molecule has 0 radical (unpaired) electrons. The van der Waals surface area contributed by atoms with Gasteiger partial charge >= 0.3 is 23.9 Å². The number of carboxylic acid groups (broad SMARTS) is 4. The lowest BCUT2D eigenvalue weighted by atomic mass is 10.1. The highest BCUT2D eigenvalue weighted by Crippen LogP contribution is 2.10. The van der Waals surface area contributed by atoms with Gasteiger partial charge in [-0.1, -0.05) is 6.42 Å². The number of aliphatic carboxylic acids is 4. The van der Waals surface area contributed by atoms with E-state index in [4.69, 9.17) is 21.1 Å². The first-order valence-electron chi connectivity index (χ1n) is 9.27. The molecule has 0 saturated carbocycles. The molecule has 1 atom stereocenters. The van der Waals surface area contributed by atoms with E-state index in [9.17, 15) is 24.3 Å². The Bertz CT molecular complexity index is 530. The smallest absolute Gasteiger partial charge is 0.317 e. The maximum Gasteiger partial charge on any atom is 0.317 e. The number of carbonyl (C=O) groups is 4. The Labute approximate surface area is 169 Å². The van der Waals surface area contributed by atoms with Crippen LogP contribution in [0.15, 0.2) is 0 Å². The van der Waals surface area contributed by atoms with Crippen molar-refractivity contribution in [3.8, 4) is 0 Å². The molecule has 0 bridgehead atoms. The Kier molecular flexibility index (Phi) is 13.5. The number of nitrogens with two attached hydrogens (primary N) is 1. The Morgan fingerprint density at radius 2 is 1.21 bits per heavy atom. The van der Waals surface area contributed by atoms with Crippen molar-refractivity contribution in [2.75, 3.05) is 59.4 Å². The summed E-state index contributed by atoms with van der Waals surface area (Å²) in [5.41, 5.74) is 5.50. The Hall–Kier alpha value is -2.28. The van der Waals surface area contributed by atoms with Gasteiger partial charge in [-0.05, 0) is 26.4 Å². The van der Waals surface area contributed by atoms with Crippen molar-refractivity contribution in [3.05, 3.63) is 0 Å². The van der Waals surface area contributed by atoms with Gasteiger partial charge in [0.05, 0.1) is 26.2 Å². The number of hydrogen-bond acceptors (Lipinski definition) is 8. The van der Waals surface area contributed by atoms with Crippen LogP contribution in [-0.2, 0) is 19.2 Å². The van der Waals surface area contributed by atoms with Crippen LogP contribution in [0.1, 0.15) is 19.3 Å². The monoisotopic (exact) mass is 420 g/mol. The molecule has 0 heterocycles. The van der Waals surface area contributed by atoms with Crippen molar-refractivity contribution in [3.63, 3.8) is 0 Å². The van der Waals surface area contributed by atoms with Crippen molar-refractivity contribution in [2.24, 2.45) is 5.73 Å². The summed E-state index contributed by atoms with van der Waals surface area (Å²) in [4.78, 5) is 48.5. The highest BCUT2D eigenvalue weighted by atomic mass is 16.4. The van der Waals surface area contributed by atoms with Gasteiger partial charge in [-0.25, -0.2) is 0 Å². The third-order valence-electron chi connectivity index (χ3n) is 4.28. The first-order chi connectivity index (χ1) is 13.5. The molecule has 0 aliphatic carbocycles. The fraction of sp³-hybridized carbons (Fsp3) is 0.765. The fourth-order valence-corrected chi connectivity index (χ4v) is 2.92. The topological polar surface area (TPSA) is 185 Å². The van der Waals surface area contributed by atoms with Crippen LogP contribution in [0.5, 0.6) is 0 Å². The minimum Gasteiger partial charge on any atom is -0.480 e. The quantitative estimate of drug-likeness (QED) is 0.159. The van der Waals surface area contributed by atoms with E-state index in [0.717, 1.165) is 12.8 Å². The predicted molar refractivity (Wildman–Crippen MR) is 103 cm³/mol. The van der Waals surface area contributed by atoms with E-state index in [1.165, 1.54) is 4.90 Å². The standard InChI is InChI=1S/C17H32N4O8/c1-19(9-14(22)23)13(4-2-3-5-18)8-20(10-15(24)25)6-7-21(11-16(26)27)12-17(28)29/h13H,2-12,18H2,1H3,(H,22,23)(H,24,25)(H,26,27)(H,28,29). The van der Waals surface area contributed by atoms with Crippen LogP contribution in [0.3, 0.4) is 0 Å². The summed E-state index contributed by atoms with van der Waals surface area (Å²) >= 11 is 0. The first-order valence-corrected chi connectivity index (χ1v) is 9.27. The molecule has 0 fully saturated rings. The van der Waals surface area contributed by atoms with Gasteiger partial charge < -0.3 is 26.2 Å². The van der Waals surface area contributed by atoms with Gasteiger partial charge in [0.1, 0.15) is 0 Å². The third-order valence-corrected chi connectivity index (χ3v) is 4.28. The normalized spacial score (nSPS) is 12.4. The summed E-state index contributed by atoms with van der Waals surface area (Å²) < 4.78 is 0. The SMILES string of the molecule is CN(CC(=O)O)C(CCCCN)CN(CCN(CC(=O)O)CC(=O)O)CC(=O)O. The Morgan fingerprint density at radius 3 is 1.66 bits per heavy atom. The van der Waals surface area contributed by atoms with E-state index in [0.29, 0.717) is 13.0 Å². The average Bonchev–Trinajstić information content (AvgIpc) is 2.56. The second-order valence-electron chi connectivity index (χ2n) is 6.87. The number of hydrogen-bond donors (Lipinski definition) is 5. The molecule has 0 aliphatic rings. The first kappa shape index (κ1) is 26.7. The number of rotatable bonds is 18. The van der Waals surface area contributed by atoms with Gasteiger partial charge in [-0.2, -0.15) is 0 Å². The summed E-state index contributed by atoms with van der Waals surface area (Å²) in [5.74, 6) is -4.46. The van der Waals surface area contributed by atoms with E-state index in [1.807, 2.05) is 0 Å². The molecular formula is C17H32N4O8. The summed E-state index contributed by atoms with van der Waals surface area (Å²) in [6, 6.07) is -0.246. The molecule has 0 aromatic carbocycles. The lowest BCUT2D eigenvalue weighted by Crippen LogP contribution is -2.48. The minimum atomic E-state index is -1.18. The van der Waals surface area contributed by atoms with Gasteiger partial charge in [0.25, 0.3) is 0 Å². The highest BCUT2D eigenvalue weighted by Gasteiger charge is 2.23. The second-order valence-corrected chi connectivity index (χ2v) is 6.87. The molecule has 168 valence electrons. The Morgan fingerprint density at radius 1 is 0.759 bits per heavy atom. The molecule has 6 N–H and O–H groups in total. The predicted octanol–water partition coefficient (Wildman–Crippen LogP) is -1.64. The maximum atomic E-state index is 11.2. The van der Waals surface area contributed by atoms with Gasteiger partial charge in [-0.3, -0.25) is 33.9 Å². The zero-order valence-electron chi connectivity index (χ0n) is 16.7. The average molecular weight is 420 g/mol. The molecule has 12 heteroatoms. The van der Waals surface area contributed by atoms with Crippen molar-refractivity contribution < 1.29 is 39.6 Å². The molecule has 0 rings (SSSR count). The van der Waals surface area contributed by atoms with Crippen LogP contribution in [-0.4, -0.2) is 124 Å². The number of carboxylic acids is 4. The van der Waals surface area contributed by atoms with Crippen LogP contribution in [0.25, 0.3) is 0 Å². The highest BCUT2D eigenvalue weighted by molar-refractivity contribution is 5.72. The molecule has 1 unspecified atom stereocenters. The van der Waals surface area contributed by atoms with Gasteiger partial charge in [0.2, 0.25) is 0 Å². The number of likely N-dealkylation sites (N-methyl/N-ethyl adjacent to an activating group) is 1. The summed E-state index contributed by atoms with van der Waals surface area (Å²) in [6.07, 6.45) is 2.11. The molecular weight excluding hydrogens is 388 g/mol. The summed E-state index contributed by atoms with van der Waals surface area (Å²) in [7, 11) is 1.64. The van der Waals surface area contributed by atoms with E-state index in [-0.39, 0.29) is 38.8 Å². The van der Waals surface area contributed by atoms with Crippen molar-refractivity contribution in [2.45, 2.75) is 25.3 Å². The van der Waals surface area contributed by atoms with Gasteiger partial charge in [0, 0.05) is 25.7 Å². The number of nitrogens with zero attached hydrogens (tertiary/aromatic N) is 3. The molecule has 0 spiro atoms. The zero-order valence-corrected chi connectivity index (χ0v) is 16.7. The van der Waals surface area contributed by atoms with Crippen LogP contribution < -0.4 is 5.73 Å². The summed E-state index contributed by atoms with van der Waals surface area (Å²) in [5, 5.41) is 36.1. The largest absolute Gasteiger partial charge is 0.480 e. The molecule has 0 aromatic rings. The lowest BCUT2D eigenvalue weighted by Gasteiger charge is -2.33. The summed E-state index contributed by atoms with van der Waals surface area (Å²) in [6.45, 7) is -0.591. The molecule has 29 heavy (non-hydrogen) atoms. The fourth-order valence-electron chi connectivity index (χ4n) is 2.92. The minimum absolute atomic E-state index is 0.0457. The molecule has 0 amide bonds. The van der Waals surface area contributed by atoms with E-state index in [2.05, 4.69) is 0 Å². The molecule has 0 saturated heterocycles. The molecule has 0 aromatic heterocycles. The van der Waals surface area contributed by atoms with Crippen LogP contribution in [0.2, 0.25) is 0 Å². The van der Waals surface area contributed by atoms with Gasteiger partial charge in [0.15, 0.2) is 0 Å². The van der Waals surface area contributed by atoms with Crippen LogP contribution in [0.4, 0.5) is 0 Å². The van der Waals surface area contributed by atoms with E-state index >= 15 is 0 Å². The van der Waals surface area contributed by atoms with Crippen molar-refractivity contribution >= 4 is 23.9 Å². The van der Waals surface area contributed by atoms with Crippen LogP contribution >= 0.6 is 0 Å². The third kappa shape index (κ3) is 14.4. The van der Waals surface area contributed by atoms with Gasteiger partial charge in [-0.15, -0.1) is 0 Å². The molecule has 12 nitrogen and oxygen atoms in total. The Balaban J connectivity index is 5.14. The van der Waals surface area contributed by atoms with E-state index in [1.54, 1.807) is 16.8 Å². The van der Waals surface area contributed by atoms with E-state index < -0.39 is 37.0 Å².